The molecule has 0 aliphatic carbocycles. The number of hydrogen-bond donors (Lipinski definition) is 1. The third-order valence-corrected chi connectivity index (χ3v) is 4.52. The van der Waals surface area contributed by atoms with Crippen LogP contribution in [-0.4, -0.2) is 24.3 Å². The molecule has 0 saturated carbocycles. The fourth-order valence-corrected chi connectivity index (χ4v) is 2.84. The van der Waals surface area contributed by atoms with E-state index in [1.165, 1.54) is 13.2 Å². The van der Waals surface area contributed by atoms with Crippen LogP contribution in [0.1, 0.15) is 34.0 Å². The third kappa shape index (κ3) is 4.46. The van der Waals surface area contributed by atoms with Gasteiger partial charge in [0.05, 0.1) is 12.7 Å². The highest BCUT2D eigenvalue weighted by Crippen LogP contribution is 2.25. The predicted octanol–water partition coefficient (Wildman–Crippen LogP) is 3.98. The Hall–Kier alpha value is -3.41. The van der Waals surface area contributed by atoms with Crippen LogP contribution < -0.4 is 5.32 Å². The van der Waals surface area contributed by atoms with Crippen molar-refractivity contribution in [2.45, 2.75) is 27.2 Å². The first-order chi connectivity index (χ1) is 13.3. The average molecular weight is 379 g/mol. The number of Topliss-reactive ketones (excluding diaryl/α,β-unsaturated/α-hetero) is 1. The molecule has 0 atom stereocenters. The molecule has 2 aromatic carbocycles. The van der Waals surface area contributed by atoms with Crippen LogP contribution in [0.3, 0.4) is 0 Å². The number of esters is 1. The number of benzene rings is 2. The summed E-state index contributed by atoms with van der Waals surface area (Å²) in [4.78, 5) is 35.5. The van der Waals surface area contributed by atoms with Crippen LogP contribution in [0.15, 0.2) is 47.1 Å². The van der Waals surface area contributed by atoms with E-state index in [2.05, 4.69) is 5.32 Å². The first-order valence-electron chi connectivity index (χ1n) is 8.87. The molecule has 0 unspecified atom stereocenters. The van der Waals surface area contributed by atoms with E-state index in [0.717, 1.165) is 22.1 Å². The van der Waals surface area contributed by atoms with Crippen LogP contribution in [0.2, 0.25) is 0 Å². The largest absolute Gasteiger partial charge is 0.464 e. The molecule has 0 aliphatic heterocycles. The van der Waals surface area contributed by atoms with Gasteiger partial charge in [-0.1, -0.05) is 12.1 Å². The number of furan rings is 1. The number of ketones is 1. The Morgan fingerprint density at radius 3 is 2.57 bits per heavy atom. The molecular weight excluding hydrogens is 358 g/mol. The first kappa shape index (κ1) is 19.4. The van der Waals surface area contributed by atoms with Crippen molar-refractivity contribution in [3.8, 4) is 0 Å². The van der Waals surface area contributed by atoms with E-state index in [1.54, 1.807) is 24.3 Å². The first-order valence-corrected chi connectivity index (χ1v) is 8.87. The zero-order valence-corrected chi connectivity index (χ0v) is 16.0. The van der Waals surface area contributed by atoms with Crippen molar-refractivity contribution in [3.05, 3.63) is 64.9 Å². The summed E-state index contributed by atoms with van der Waals surface area (Å²) >= 11 is 0. The Bertz CT molecular complexity index is 1060. The molecule has 0 saturated heterocycles. The van der Waals surface area contributed by atoms with Gasteiger partial charge in [0.2, 0.25) is 0 Å². The van der Waals surface area contributed by atoms with E-state index in [9.17, 15) is 14.4 Å². The zero-order chi connectivity index (χ0) is 20.3. The average Bonchev–Trinajstić information content (AvgIpc) is 3.02. The lowest BCUT2D eigenvalue weighted by atomic mass is 10.0. The van der Waals surface area contributed by atoms with Gasteiger partial charge in [-0.2, -0.15) is 0 Å². The van der Waals surface area contributed by atoms with Crippen molar-refractivity contribution in [1.29, 1.82) is 0 Å². The molecule has 6 nitrogen and oxygen atoms in total. The molecule has 0 aliphatic rings. The SMILES string of the molecule is CC(=O)c1cccc(NC(=O)COC(=O)Cc2coc3cc(C)c(C)cc23)c1. The van der Waals surface area contributed by atoms with Crippen LogP contribution in [0.25, 0.3) is 11.0 Å². The molecule has 28 heavy (non-hydrogen) atoms. The Morgan fingerprint density at radius 1 is 1.07 bits per heavy atom. The number of rotatable bonds is 6. The maximum atomic E-state index is 12.1. The number of carbonyl (C=O) groups is 3. The summed E-state index contributed by atoms with van der Waals surface area (Å²) in [7, 11) is 0. The summed E-state index contributed by atoms with van der Waals surface area (Å²) < 4.78 is 10.6. The summed E-state index contributed by atoms with van der Waals surface area (Å²) in [6, 6.07) is 10.5. The highest BCUT2D eigenvalue weighted by atomic mass is 16.5. The quantitative estimate of drug-likeness (QED) is 0.517. The van der Waals surface area contributed by atoms with Crippen LogP contribution in [0, 0.1) is 13.8 Å². The summed E-state index contributed by atoms with van der Waals surface area (Å²) in [5.41, 5.74) is 4.62. The van der Waals surface area contributed by atoms with Crippen molar-refractivity contribution in [1.82, 2.24) is 0 Å². The maximum Gasteiger partial charge on any atom is 0.310 e. The van der Waals surface area contributed by atoms with Crippen molar-refractivity contribution < 1.29 is 23.5 Å². The molecule has 3 rings (SSSR count). The molecule has 1 heterocycles. The van der Waals surface area contributed by atoms with E-state index >= 15 is 0 Å². The molecule has 0 fully saturated rings. The minimum Gasteiger partial charge on any atom is -0.464 e. The van der Waals surface area contributed by atoms with Gasteiger partial charge < -0.3 is 14.5 Å². The second kappa shape index (κ2) is 8.08. The summed E-state index contributed by atoms with van der Waals surface area (Å²) in [6.07, 6.45) is 1.56. The number of anilines is 1. The molecule has 1 amide bonds. The Labute approximate surface area is 162 Å². The van der Waals surface area contributed by atoms with Crippen LogP contribution >= 0.6 is 0 Å². The van der Waals surface area contributed by atoms with Gasteiger partial charge in [0.15, 0.2) is 12.4 Å². The lowest BCUT2D eigenvalue weighted by Gasteiger charge is -2.07. The number of aryl methyl sites for hydroxylation is 2. The summed E-state index contributed by atoms with van der Waals surface area (Å²) in [6.45, 7) is 5.04. The normalized spacial score (nSPS) is 10.7. The molecule has 0 bridgehead atoms. The summed E-state index contributed by atoms with van der Waals surface area (Å²) in [5.74, 6) is -1.09. The van der Waals surface area contributed by atoms with Crippen LogP contribution in [0.5, 0.6) is 0 Å². The third-order valence-electron chi connectivity index (χ3n) is 4.52. The van der Waals surface area contributed by atoms with Crippen molar-refractivity contribution in [3.63, 3.8) is 0 Å². The number of amides is 1. The van der Waals surface area contributed by atoms with E-state index in [-0.39, 0.29) is 12.2 Å². The minimum atomic E-state index is -0.520. The van der Waals surface area contributed by atoms with Gasteiger partial charge in [0.1, 0.15) is 5.58 Å². The topological polar surface area (TPSA) is 85.6 Å². The fourth-order valence-electron chi connectivity index (χ4n) is 2.84. The molecular formula is C22H21NO5. The van der Waals surface area contributed by atoms with Gasteiger partial charge in [0.25, 0.3) is 5.91 Å². The van der Waals surface area contributed by atoms with Crippen molar-refractivity contribution in [2.24, 2.45) is 0 Å². The number of ether oxygens (including phenoxy) is 1. The number of nitrogens with one attached hydrogen (secondary N) is 1. The van der Waals surface area contributed by atoms with Gasteiger partial charge in [0, 0.05) is 22.2 Å². The molecule has 0 radical (unpaired) electrons. The number of hydrogen-bond acceptors (Lipinski definition) is 5. The second-order valence-electron chi connectivity index (χ2n) is 6.72. The van der Waals surface area contributed by atoms with Gasteiger partial charge in [-0.15, -0.1) is 0 Å². The lowest BCUT2D eigenvalue weighted by Crippen LogP contribution is -2.21. The number of carbonyl (C=O) groups excluding carboxylic acids is 3. The smallest absolute Gasteiger partial charge is 0.310 e. The Balaban J connectivity index is 1.57. The highest BCUT2D eigenvalue weighted by molar-refractivity contribution is 5.97. The van der Waals surface area contributed by atoms with Crippen LogP contribution in [0.4, 0.5) is 5.69 Å². The van der Waals surface area contributed by atoms with Crippen LogP contribution in [-0.2, 0) is 20.7 Å². The van der Waals surface area contributed by atoms with E-state index in [0.29, 0.717) is 16.8 Å². The Morgan fingerprint density at radius 2 is 1.82 bits per heavy atom. The van der Waals surface area contributed by atoms with Gasteiger partial charge in [-0.3, -0.25) is 14.4 Å². The monoisotopic (exact) mass is 379 g/mol. The Kier molecular flexibility index (Phi) is 5.59. The molecule has 1 N–H and O–H groups in total. The van der Waals surface area contributed by atoms with Gasteiger partial charge >= 0.3 is 5.97 Å². The van der Waals surface area contributed by atoms with Crippen molar-refractivity contribution in [2.75, 3.05) is 11.9 Å². The fraction of sp³-hybridized carbons (Fsp3) is 0.227. The standard InChI is InChI=1S/C22H21NO5/c1-13-7-19-17(11-27-20(19)8-14(13)2)10-22(26)28-12-21(25)23-18-6-4-5-16(9-18)15(3)24/h4-9,11H,10,12H2,1-3H3,(H,23,25). The molecule has 3 aromatic rings. The predicted molar refractivity (Wildman–Crippen MR) is 105 cm³/mol. The van der Waals surface area contributed by atoms with Gasteiger partial charge in [-0.25, -0.2) is 0 Å². The lowest BCUT2D eigenvalue weighted by molar-refractivity contribution is -0.146. The molecule has 0 spiro atoms. The van der Waals surface area contributed by atoms with Gasteiger partial charge in [-0.05, 0) is 56.2 Å². The molecule has 1 aromatic heterocycles. The second-order valence-corrected chi connectivity index (χ2v) is 6.72. The van der Waals surface area contributed by atoms with E-state index in [4.69, 9.17) is 9.15 Å². The zero-order valence-electron chi connectivity index (χ0n) is 16.0. The van der Waals surface area contributed by atoms with E-state index in [1.807, 2.05) is 26.0 Å². The number of fused-ring (bicyclic) bond motifs is 1. The highest BCUT2D eigenvalue weighted by Gasteiger charge is 2.14. The van der Waals surface area contributed by atoms with E-state index < -0.39 is 18.5 Å². The maximum absolute atomic E-state index is 12.1. The molecule has 6 heteroatoms. The summed E-state index contributed by atoms with van der Waals surface area (Å²) in [5, 5.41) is 3.47. The minimum absolute atomic E-state index is 0.0165. The molecule has 144 valence electrons. The van der Waals surface area contributed by atoms with Crippen molar-refractivity contribution >= 4 is 34.3 Å².